The number of carbonyl (C=O) groups is 2. The van der Waals surface area contributed by atoms with E-state index in [2.05, 4.69) is 5.32 Å². The molecule has 3 rings (SSSR count). The lowest BCUT2D eigenvalue weighted by Gasteiger charge is -2.29. The van der Waals surface area contributed by atoms with Gasteiger partial charge >= 0.3 is 0 Å². The Kier molecular flexibility index (Phi) is 6.30. The number of hydrogen-bond donors (Lipinski definition) is 1. The maximum Gasteiger partial charge on any atom is 0.270 e. The maximum atomic E-state index is 14.2. The van der Waals surface area contributed by atoms with Gasteiger partial charge in [-0.25, -0.2) is 9.29 Å². The van der Waals surface area contributed by atoms with Crippen LogP contribution in [0.3, 0.4) is 0 Å². The van der Waals surface area contributed by atoms with Crippen molar-refractivity contribution in [1.29, 1.82) is 0 Å². The molecule has 29 heavy (non-hydrogen) atoms. The average molecular weight is 433 g/mol. The molecule has 5 nitrogen and oxygen atoms in total. The standard InChI is InChI=1S/C21H18ClFN2O3S/c1-3-12(2)28-18-9-8-13(11-15(18)22)10-14-19(26)24-21(29)25(20(14)27)17-7-5-4-6-16(17)23/h4-12H,3H2,1-2H3,(H,24,26,29)/b14-10+. The number of benzene rings is 2. The van der Waals surface area contributed by atoms with E-state index in [1.54, 1.807) is 24.3 Å². The van der Waals surface area contributed by atoms with Crippen LogP contribution in [-0.2, 0) is 9.59 Å². The van der Waals surface area contributed by atoms with Gasteiger partial charge in [-0.2, -0.15) is 0 Å². The first-order valence-electron chi connectivity index (χ1n) is 8.94. The van der Waals surface area contributed by atoms with Crippen LogP contribution in [-0.4, -0.2) is 23.0 Å². The van der Waals surface area contributed by atoms with Gasteiger partial charge in [-0.3, -0.25) is 14.9 Å². The van der Waals surface area contributed by atoms with Crippen LogP contribution >= 0.6 is 23.8 Å². The number of amides is 2. The van der Waals surface area contributed by atoms with Gasteiger partial charge in [-0.05, 0) is 61.5 Å². The molecule has 0 spiro atoms. The molecule has 1 saturated heterocycles. The summed E-state index contributed by atoms with van der Waals surface area (Å²) in [6.07, 6.45) is 2.20. The summed E-state index contributed by atoms with van der Waals surface area (Å²) in [5, 5.41) is 2.59. The average Bonchev–Trinajstić information content (AvgIpc) is 2.68. The summed E-state index contributed by atoms with van der Waals surface area (Å²) in [4.78, 5) is 26.2. The normalized spacial score (nSPS) is 16.8. The minimum atomic E-state index is -0.722. The van der Waals surface area contributed by atoms with Crippen molar-refractivity contribution in [3.63, 3.8) is 0 Å². The van der Waals surface area contributed by atoms with E-state index < -0.39 is 17.6 Å². The second-order valence-electron chi connectivity index (χ2n) is 6.44. The summed E-state index contributed by atoms with van der Waals surface area (Å²) < 4.78 is 19.9. The van der Waals surface area contributed by atoms with Gasteiger partial charge in [0.05, 0.1) is 16.8 Å². The number of carbonyl (C=O) groups excluding carboxylic acids is 2. The highest BCUT2D eigenvalue weighted by Gasteiger charge is 2.35. The first-order valence-corrected chi connectivity index (χ1v) is 9.72. The Morgan fingerprint density at radius 2 is 2.00 bits per heavy atom. The molecular weight excluding hydrogens is 415 g/mol. The zero-order chi connectivity index (χ0) is 21.1. The summed E-state index contributed by atoms with van der Waals surface area (Å²) in [7, 11) is 0. The largest absolute Gasteiger partial charge is 0.489 e. The molecule has 0 aliphatic carbocycles. The van der Waals surface area contributed by atoms with E-state index in [4.69, 9.17) is 28.6 Å². The lowest BCUT2D eigenvalue weighted by atomic mass is 10.1. The molecule has 2 aromatic rings. The fraction of sp³-hybridized carbons (Fsp3) is 0.190. The number of nitrogens with one attached hydrogen (secondary N) is 1. The van der Waals surface area contributed by atoms with Crippen LogP contribution in [0.25, 0.3) is 6.08 Å². The van der Waals surface area contributed by atoms with Crippen molar-refractivity contribution in [2.45, 2.75) is 26.4 Å². The Bertz CT molecular complexity index is 1020. The molecule has 1 aliphatic rings. The number of halogens is 2. The molecule has 0 saturated carbocycles. The Morgan fingerprint density at radius 1 is 1.28 bits per heavy atom. The van der Waals surface area contributed by atoms with E-state index in [-0.39, 0.29) is 22.5 Å². The number of anilines is 1. The summed E-state index contributed by atoms with van der Waals surface area (Å²) in [5.74, 6) is -1.51. The lowest BCUT2D eigenvalue weighted by Crippen LogP contribution is -2.54. The molecule has 1 heterocycles. The second kappa shape index (κ2) is 8.71. The molecule has 8 heteroatoms. The SMILES string of the molecule is CCC(C)Oc1ccc(/C=C2\C(=O)NC(=S)N(c3ccccc3F)C2=O)cc1Cl. The van der Waals surface area contributed by atoms with Gasteiger partial charge < -0.3 is 4.74 Å². The third-order valence-corrected chi connectivity index (χ3v) is 4.95. The molecule has 1 unspecified atom stereocenters. The van der Waals surface area contributed by atoms with Crippen molar-refractivity contribution in [2.75, 3.05) is 4.90 Å². The lowest BCUT2D eigenvalue weighted by molar-refractivity contribution is -0.122. The fourth-order valence-corrected chi connectivity index (χ4v) is 3.19. The zero-order valence-electron chi connectivity index (χ0n) is 15.7. The highest BCUT2D eigenvalue weighted by molar-refractivity contribution is 7.80. The van der Waals surface area contributed by atoms with E-state index >= 15 is 0 Å². The van der Waals surface area contributed by atoms with Crippen LogP contribution in [0, 0.1) is 5.82 Å². The predicted octanol–water partition coefficient (Wildman–Crippen LogP) is 4.49. The quantitative estimate of drug-likeness (QED) is 0.429. The molecule has 2 aromatic carbocycles. The summed E-state index contributed by atoms with van der Waals surface area (Å²) >= 11 is 11.3. The topological polar surface area (TPSA) is 58.6 Å². The second-order valence-corrected chi connectivity index (χ2v) is 7.23. The van der Waals surface area contributed by atoms with Crippen LogP contribution in [0.1, 0.15) is 25.8 Å². The first kappa shape index (κ1) is 21.0. The fourth-order valence-electron chi connectivity index (χ4n) is 2.68. The number of nitrogens with zero attached hydrogens (tertiary/aromatic N) is 1. The van der Waals surface area contributed by atoms with E-state index in [0.717, 1.165) is 11.3 Å². The smallest absolute Gasteiger partial charge is 0.270 e. The minimum Gasteiger partial charge on any atom is -0.489 e. The van der Waals surface area contributed by atoms with E-state index in [1.165, 1.54) is 24.3 Å². The Hall–Kier alpha value is -2.77. The van der Waals surface area contributed by atoms with Crippen LogP contribution < -0.4 is 15.0 Å². The minimum absolute atomic E-state index is 0.00209. The Morgan fingerprint density at radius 3 is 2.66 bits per heavy atom. The number of ether oxygens (including phenoxy) is 1. The van der Waals surface area contributed by atoms with Crippen LogP contribution in [0.5, 0.6) is 5.75 Å². The number of rotatable bonds is 5. The van der Waals surface area contributed by atoms with Crippen molar-refractivity contribution < 1.29 is 18.7 Å². The van der Waals surface area contributed by atoms with Crippen LogP contribution in [0.15, 0.2) is 48.0 Å². The number of hydrogen-bond acceptors (Lipinski definition) is 4. The van der Waals surface area contributed by atoms with Gasteiger partial charge in [0.15, 0.2) is 5.11 Å². The third kappa shape index (κ3) is 4.46. The van der Waals surface area contributed by atoms with Crippen molar-refractivity contribution in [2.24, 2.45) is 0 Å². The van der Waals surface area contributed by atoms with Gasteiger partial charge in [0.1, 0.15) is 17.1 Å². The summed E-state index contributed by atoms with van der Waals surface area (Å²) in [5.41, 5.74) is 0.295. The van der Waals surface area contributed by atoms with Crippen molar-refractivity contribution in [3.8, 4) is 5.75 Å². The first-order chi connectivity index (χ1) is 13.8. The van der Waals surface area contributed by atoms with Gasteiger partial charge in [0.25, 0.3) is 11.8 Å². The predicted molar refractivity (Wildman–Crippen MR) is 114 cm³/mol. The highest BCUT2D eigenvalue weighted by atomic mass is 35.5. The van der Waals surface area contributed by atoms with E-state index in [0.29, 0.717) is 16.3 Å². The van der Waals surface area contributed by atoms with Gasteiger partial charge in [0, 0.05) is 0 Å². The molecule has 2 amide bonds. The summed E-state index contributed by atoms with van der Waals surface area (Å²) in [6, 6.07) is 10.6. The zero-order valence-corrected chi connectivity index (χ0v) is 17.3. The van der Waals surface area contributed by atoms with Gasteiger partial charge in [0.2, 0.25) is 0 Å². The monoisotopic (exact) mass is 432 g/mol. The number of thiocarbonyl (C=S) groups is 1. The van der Waals surface area contributed by atoms with Gasteiger partial charge in [-0.1, -0.05) is 36.7 Å². The summed E-state index contributed by atoms with van der Waals surface area (Å²) in [6.45, 7) is 3.92. The molecule has 1 fully saturated rings. The Labute approximate surface area is 178 Å². The van der Waals surface area contributed by atoms with Crippen molar-refractivity contribution in [1.82, 2.24) is 5.32 Å². The van der Waals surface area contributed by atoms with E-state index in [9.17, 15) is 14.0 Å². The van der Waals surface area contributed by atoms with Crippen LogP contribution in [0.4, 0.5) is 10.1 Å². The van der Waals surface area contributed by atoms with Crippen molar-refractivity contribution >= 4 is 52.5 Å². The molecule has 1 N–H and O–H groups in total. The van der Waals surface area contributed by atoms with Crippen molar-refractivity contribution in [3.05, 3.63) is 64.4 Å². The maximum absolute atomic E-state index is 14.2. The molecular formula is C21H18ClFN2O3S. The molecule has 1 atom stereocenters. The molecule has 0 radical (unpaired) electrons. The van der Waals surface area contributed by atoms with Crippen LogP contribution in [0.2, 0.25) is 5.02 Å². The van der Waals surface area contributed by atoms with Gasteiger partial charge in [-0.15, -0.1) is 0 Å². The molecule has 0 bridgehead atoms. The molecule has 1 aliphatic heterocycles. The molecule has 150 valence electrons. The highest BCUT2D eigenvalue weighted by Crippen LogP contribution is 2.29. The molecule has 0 aromatic heterocycles. The Balaban J connectivity index is 1.95. The number of para-hydroxylation sites is 1. The third-order valence-electron chi connectivity index (χ3n) is 4.37. The van der Waals surface area contributed by atoms with E-state index in [1.807, 2.05) is 13.8 Å².